The summed E-state index contributed by atoms with van der Waals surface area (Å²) in [5.74, 6) is -0.176. The second kappa shape index (κ2) is 35.0. The largest absolute Gasteiger partial charge is 0.472 e. The number of carbonyl (C=O) groups is 1. The molecule has 0 aliphatic heterocycles. The van der Waals surface area contributed by atoms with Crippen molar-refractivity contribution >= 4 is 13.7 Å². The van der Waals surface area contributed by atoms with Crippen LogP contribution in [0.5, 0.6) is 0 Å². The van der Waals surface area contributed by atoms with Gasteiger partial charge in [0.15, 0.2) is 0 Å². The zero-order valence-electron chi connectivity index (χ0n) is 34.4. The van der Waals surface area contributed by atoms with Crippen molar-refractivity contribution in [3.63, 3.8) is 0 Å². The number of quaternary nitrogens is 1. The summed E-state index contributed by atoms with van der Waals surface area (Å²) in [6.45, 7) is 4.81. The summed E-state index contributed by atoms with van der Waals surface area (Å²) in [6.07, 6.45) is 38.5. The first-order valence-corrected chi connectivity index (χ1v) is 23.1. The normalized spacial score (nSPS) is 14.6. The second-order valence-corrected chi connectivity index (χ2v) is 17.5. The van der Waals surface area contributed by atoms with E-state index in [1.54, 1.807) is 6.08 Å². The van der Waals surface area contributed by atoms with Gasteiger partial charge in [0.1, 0.15) is 13.2 Å². The van der Waals surface area contributed by atoms with Crippen molar-refractivity contribution in [3.05, 3.63) is 12.2 Å². The van der Waals surface area contributed by atoms with E-state index in [0.717, 1.165) is 38.5 Å². The van der Waals surface area contributed by atoms with Crippen LogP contribution >= 0.6 is 7.82 Å². The molecule has 0 bridgehead atoms. The monoisotopic (exact) mass is 746 g/mol. The molecule has 0 heterocycles. The third-order valence-electron chi connectivity index (χ3n) is 9.76. The number of aliphatic hydroxyl groups is 1. The predicted molar refractivity (Wildman–Crippen MR) is 217 cm³/mol. The molecule has 0 aromatic carbocycles. The van der Waals surface area contributed by atoms with Gasteiger partial charge in [0.05, 0.1) is 39.9 Å². The van der Waals surface area contributed by atoms with Crippen molar-refractivity contribution in [3.8, 4) is 0 Å². The van der Waals surface area contributed by atoms with E-state index in [-0.39, 0.29) is 19.1 Å². The Kier molecular flexibility index (Phi) is 34.5. The Labute approximate surface area is 316 Å². The molecule has 51 heavy (non-hydrogen) atoms. The fourth-order valence-electron chi connectivity index (χ4n) is 6.28. The van der Waals surface area contributed by atoms with Crippen LogP contribution in [0.25, 0.3) is 0 Å². The molecular formula is C42H86N2O6P+. The van der Waals surface area contributed by atoms with Crippen LogP contribution < -0.4 is 5.32 Å². The van der Waals surface area contributed by atoms with Gasteiger partial charge in [-0.1, -0.05) is 187 Å². The molecule has 0 rings (SSSR count). The highest BCUT2D eigenvalue weighted by molar-refractivity contribution is 7.47. The van der Waals surface area contributed by atoms with Crippen LogP contribution in [0.1, 0.15) is 200 Å². The van der Waals surface area contributed by atoms with E-state index >= 15 is 0 Å². The molecule has 0 saturated heterocycles. The van der Waals surface area contributed by atoms with Crippen LogP contribution in [0, 0.1) is 0 Å². The average molecular weight is 746 g/mol. The van der Waals surface area contributed by atoms with Crippen molar-refractivity contribution in [2.24, 2.45) is 0 Å². The third-order valence-corrected chi connectivity index (χ3v) is 10.7. The van der Waals surface area contributed by atoms with E-state index in [2.05, 4.69) is 19.2 Å². The lowest BCUT2D eigenvalue weighted by Gasteiger charge is -2.25. The lowest BCUT2D eigenvalue weighted by Crippen LogP contribution is -2.45. The molecule has 0 aromatic rings. The highest BCUT2D eigenvalue weighted by Gasteiger charge is 2.27. The molecule has 3 atom stereocenters. The Hall–Kier alpha value is -0.760. The van der Waals surface area contributed by atoms with Gasteiger partial charge in [0.25, 0.3) is 0 Å². The smallest absolute Gasteiger partial charge is 0.387 e. The van der Waals surface area contributed by atoms with Gasteiger partial charge < -0.3 is 19.8 Å². The maximum Gasteiger partial charge on any atom is 0.472 e. The van der Waals surface area contributed by atoms with Crippen molar-refractivity contribution < 1.29 is 32.9 Å². The van der Waals surface area contributed by atoms with Crippen LogP contribution in [0.3, 0.4) is 0 Å². The molecule has 0 spiro atoms. The second-order valence-electron chi connectivity index (χ2n) is 16.1. The molecule has 0 radical (unpaired) electrons. The Balaban J connectivity index is 4.35. The summed E-state index contributed by atoms with van der Waals surface area (Å²) < 4.78 is 23.5. The zero-order valence-corrected chi connectivity index (χ0v) is 35.3. The third kappa shape index (κ3) is 37.4. The number of allylic oxidation sites excluding steroid dienone is 1. The van der Waals surface area contributed by atoms with E-state index in [4.69, 9.17) is 9.05 Å². The SMILES string of the molecule is CCCCCCCCCCC/C=C/[C@@H](O)[C@H](COP(=O)(O)OCC[N+](C)(C)C)NC(=O)CCCCCCCCCCCCCCCCCCCC. The summed E-state index contributed by atoms with van der Waals surface area (Å²) in [7, 11) is 1.58. The Morgan fingerprint density at radius 3 is 1.45 bits per heavy atom. The van der Waals surface area contributed by atoms with Crippen molar-refractivity contribution in [1.29, 1.82) is 0 Å². The molecular weight excluding hydrogens is 659 g/mol. The first kappa shape index (κ1) is 50.2. The number of amides is 1. The Bertz CT molecular complexity index is 850. The van der Waals surface area contributed by atoms with Gasteiger partial charge in [-0.2, -0.15) is 0 Å². The lowest BCUT2D eigenvalue weighted by molar-refractivity contribution is -0.870. The molecule has 9 heteroatoms. The number of rotatable bonds is 39. The first-order chi connectivity index (χ1) is 24.5. The number of nitrogens with one attached hydrogen (secondary N) is 1. The predicted octanol–water partition coefficient (Wildman–Crippen LogP) is 11.6. The van der Waals surface area contributed by atoms with E-state index in [1.807, 2.05) is 27.2 Å². The van der Waals surface area contributed by atoms with E-state index in [1.165, 1.54) is 141 Å². The maximum absolute atomic E-state index is 12.8. The molecule has 0 aromatic heterocycles. The number of nitrogens with zero attached hydrogens (tertiary/aromatic N) is 1. The Morgan fingerprint density at radius 2 is 1.04 bits per heavy atom. The van der Waals surface area contributed by atoms with Crippen LogP contribution in [0.2, 0.25) is 0 Å². The number of phosphoric acid groups is 1. The number of aliphatic hydroxyl groups excluding tert-OH is 1. The fourth-order valence-corrected chi connectivity index (χ4v) is 7.01. The van der Waals surface area contributed by atoms with Crippen LogP contribution in [-0.4, -0.2) is 73.4 Å². The number of hydrogen-bond acceptors (Lipinski definition) is 5. The fraction of sp³-hybridized carbons (Fsp3) is 0.929. The number of hydrogen-bond donors (Lipinski definition) is 3. The van der Waals surface area contributed by atoms with Gasteiger partial charge in [-0.25, -0.2) is 4.57 Å². The summed E-state index contributed by atoms with van der Waals surface area (Å²) in [5, 5.41) is 13.8. The number of carbonyl (C=O) groups excluding carboxylic acids is 1. The van der Waals surface area contributed by atoms with E-state index < -0.39 is 20.0 Å². The highest BCUT2D eigenvalue weighted by Crippen LogP contribution is 2.43. The molecule has 8 nitrogen and oxygen atoms in total. The quantitative estimate of drug-likeness (QED) is 0.0250. The Morgan fingerprint density at radius 1 is 0.647 bits per heavy atom. The summed E-state index contributed by atoms with van der Waals surface area (Å²) >= 11 is 0. The first-order valence-electron chi connectivity index (χ1n) is 21.6. The molecule has 304 valence electrons. The molecule has 3 N–H and O–H groups in total. The van der Waals surface area contributed by atoms with Crippen LogP contribution in [-0.2, 0) is 18.4 Å². The van der Waals surface area contributed by atoms with E-state index in [9.17, 15) is 19.4 Å². The minimum atomic E-state index is -4.33. The standard InChI is InChI=1S/C42H85N2O6P/c1-6-8-10-12-14-16-18-19-20-21-22-23-24-26-28-30-32-34-36-42(46)43-40(39-50-51(47,48)49-38-37-44(3,4)5)41(45)35-33-31-29-27-25-17-15-13-11-9-7-2/h33,35,40-41,45H,6-32,34,36-39H2,1-5H3,(H-,43,46,47,48)/p+1/b35-33+/t40-,41+/m0/s1. The molecule has 1 amide bonds. The lowest BCUT2D eigenvalue weighted by atomic mass is 10.0. The van der Waals surface area contributed by atoms with Gasteiger partial charge >= 0.3 is 7.82 Å². The number of likely N-dealkylation sites (N-methyl/N-ethyl adjacent to an activating group) is 1. The van der Waals surface area contributed by atoms with Gasteiger partial charge in [-0.3, -0.25) is 13.8 Å². The van der Waals surface area contributed by atoms with E-state index in [0.29, 0.717) is 17.4 Å². The highest BCUT2D eigenvalue weighted by atomic mass is 31.2. The summed E-state index contributed by atoms with van der Waals surface area (Å²) in [4.78, 5) is 23.0. The summed E-state index contributed by atoms with van der Waals surface area (Å²) in [5.41, 5.74) is 0. The van der Waals surface area contributed by atoms with Crippen LogP contribution in [0.4, 0.5) is 0 Å². The van der Waals surface area contributed by atoms with Gasteiger partial charge in [-0.05, 0) is 19.3 Å². The van der Waals surface area contributed by atoms with Gasteiger partial charge in [-0.15, -0.1) is 0 Å². The zero-order chi connectivity index (χ0) is 37.9. The molecule has 0 aliphatic rings. The van der Waals surface area contributed by atoms with Crippen LogP contribution in [0.15, 0.2) is 12.2 Å². The number of phosphoric ester groups is 1. The minimum Gasteiger partial charge on any atom is -0.387 e. The maximum atomic E-state index is 12.8. The molecule has 0 aliphatic carbocycles. The molecule has 0 fully saturated rings. The average Bonchev–Trinajstić information content (AvgIpc) is 3.07. The minimum absolute atomic E-state index is 0.0643. The molecule has 0 saturated carbocycles. The van der Waals surface area contributed by atoms with Gasteiger partial charge in [0, 0.05) is 6.42 Å². The summed E-state index contributed by atoms with van der Waals surface area (Å²) in [6, 6.07) is -0.838. The van der Waals surface area contributed by atoms with Crippen molar-refractivity contribution in [2.45, 2.75) is 212 Å². The van der Waals surface area contributed by atoms with Gasteiger partial charge in [0.2, 0.25) is 5.91 Å². The topological polar surface area (TPSA) is 105 Å². The molecule has 1 unspecified atom stereocenters. The van der Waals surface area contributed by atoms with Crippen molar-refractivity contribution in [1.82, 2.24) is 5.32 Å². The van der Waals surface area contributed by atoms with Crippen molar-refractivity contribution in [2.75, 3.05) is 40.9 Å². The number of unbranched alkanes of at least 4 members (excludes halogenated alkanes) is 26.